The third-order valence-electron chi connectivity index (χ3n) is 5.46. The van der Waals surface area contributed by atoms with Crippen LogP contribution in [0.5, 0.6) is 17.2 Å². The molecule has 1 fully saturated rings. The first-order chi connectivity index (χ1) is 15.6. The molecule has 7 nitrogen and oxygen atoms in total. The molecule has 1 saturated heterocycles. The molecule has 0 radical (unpaired) electrons. The number of piperazine rings is 1. The van der Waals surface area contributed by atoms with Crippen LogP contribution in [0.2, 0.25) is 0 Å². The van der Waals surface area contributed by atoms with Crippen molar-refractivity contribution in [2.75, 3.05) is 37.7 Å². The summed E-state index contributed by atoms with van der Waals surface area (Å²) in [5.41, 5.74) is 1.86. The lowest BCUT2D eigenvalue weighted by Crippen LogP contribution is -2.56. The van der Waals surface area contributed by atoms with Crippen LogP contribution in [-0.2, 0) is 9.59 Å². The van der Waals surface area contributed by atoms with Crippen LogP contribution < -0.4 is 24.0 Å². The first-order valence-electron chi connectivity index (χ1n) is 10.1. The smallest absolute Gasteiger partial charge is 0.255 e. The van der Waals surface area contributed by atoms with Crippen molar-refractivity contribution in [3.63, 3.8) is 0 Å². The fourth-order valence-electron chi connectivity index (χ4n) is 3.87. The van der Waals surface area contributed by atoms with Crippen molar-refractivity contribution in [2.24, 2.45) is 0 Å². The summed E-state index contributed by atoms with van der Waals surface area (Å²) in [7, 11) is 4.66. The number of carbonyl (C=O) groups is 2. The van der Waals surface area contributed by atoms with Gasteiger partial charge in [0.25, 0.3) is 5.91 Å². The maximum absolute atomic E-state index is 13.8. The summed E-state index contributed by atoms with van der Waals surface area (Å²) in [4.78, 5) is 30.3. The van der Waals surface area contributed by atoms with Crippen LogP contribution in [0.25, 0.3) is 0 Å². The summed E-state index contributed by atoms with van der Waals surface area (Å²) >= 11 is 0. The van der Waals surface area contributed by atoms with E-state index in [0.717, 1.165) is 5.56 Å². The van der Waals surface area contributed by atoms with E-state index in [9.17, 15) is 9.59 Å². The molecule has 0 bridgehead atoms. The molecule has 4 rings (SSSR count). The van der Waals surface area contributed by atoms with E-state index < -0.39 is 6.04 Å². The second-order valence-electron chi connectivity index (χ2n) is 7.24. The summed E-state index contributed by atoms with van der Waals surface area (Å²) < 4.78 is 16.0. The number of anilines is 2. The summed E-state index contributed by atoms with van der Waals surface area (Å²) in [5.74, 6) is 1.29. The van der Waals surface area contributed by atoms with Gasteiger partial charge in [-0.2, -0.15) is 0 Å². The van der Waals surface area contributed by atoms with Gasteiger partial charge >= 0.3 is 0 Å². The zero-order valence-electron chi connectivity index (χ0n) is 18.1. The van der Waals surface area contributed by atoms with Crippen LogP contribution in [0.1, 0.15) is 11.6 Å². The van der Waals surface area contributed by atoms with E-state index in [1.54, 1.807) is 61.6 Å². The third-order valence-corrected chi connectivity index (χ3v) is 5.46. The number of benzene rings is 3. The predicted molar refractivity (Wildman–Crippen MR) is 122 cm³/mol. The highest BCUT2D eigenvalue weighted by molar-refractivity contribution is 6.15. The molecule has 3 aromatic rings. The number of hydrogen-bond donors (Lipinski definition) is 0. The largest absolute Gasteiger partial charge is 0.497 e. The molecular weight excluding hydrogens is 408 g/mol. The zero-order chi connectivity index (χ0) is 22.7. The number of nitrogens with zero attached hydrogens (tertiary/aromatic N) is 2. The molecule has 0 saturated carbocycles. The molecular formula is C25H24N2O5. The van der Waals surface area contributed by atoms with E-state index >= 15 is 0 Å². The molecule has 1 aliphatic rings. The summed E-state index contributed by atoms with van der Waals surface area (Å²) in [6, 6.07) is 20.7. The van der Waals surface area contributed by atoms with Crippen LogP contribution in [0.3, 0.4) is 0 Å². The van der Waals surface area contributed by atoms with E-state index in [1.807, 2.05) is 30.3 Å². The first kappa shape index (κ1) is 21.2. The highest BCUT2D eigenvalue weighted by atomic mass is 16.5. The van der Waals surface area contributed by atoms with Crippen LogP contribution in [0.15, 0.2) is 72.8 Å². The SMILES string of the molecule is COc1ccc(N2C(=O)CN(c3ccc(OC)cc3OC)C(=O)C2c2ccccc2)cc1. The summed E-state index contributed by atoms with van der Waals surface area (Å²) in [5, 5.41) is 0. The van der Waals surface area contributed by atoms with Crippen molar-refractivity contribution >= 4 is 23.2 Å². The van der Waals surface area contributed by atoms with Gasteiger partial charge in [-0.1, -0.05) is 30.3 Å². The molecule has 0 aromatic heterocycles. The Morgan fingerprint density at radius 3 is 2.06 bits per heavy atom. The normalized spacial score (nSPS) is 16.2. The van der Waals surface area contributed by atoms with Gasteiger partial charge < -0.3 is 14.2 Å². The summed E-state index contributed by atoms with van der Waals surface area (Å²) in [6.45, 7) is -0.114. The van der Waals surface area contributed by atoms with E-state index in [4.69, 9.17) is 14.2 Å². The van der Waals surface area contributed by atoms with Gasteiger partial charge in [-0.15, -0.1) is 0 Å². The maximum atomic E-state index is 13.8. The fourth-order valence-corrected chi connectivity index (χ4v) is 3.87. The van der Waals surface area contributed by atoms with Gasteiger partial charge in [0.15, 0.2) is 0 Å². The van der Waals surface area contributed by atoms with E-state index in [1.165, 1.54) is 12.0 Å². The Bertz CT molecular complexity index is 1110. The zero-order valence-corrected chi connectivity index (χ0v) is 18.1. The molecule has 0 aliphatic carbocycles. The minimum absolute atomic E-state index is 0.114. The minimum Gasteiger partial charge on any atom is -0.497 e. The van der Waals surface area contributed by atoms with Gasteiger partial charge in [0.05, 0.1) is 27.0 Å². The Labute approximate surface area is 186 Å². The molecule has 1 unspecified atom stereocenters. The minimum atomic E-state index is -0.822. The topological polar surface area (TPSA) is 68.3 Å². The van der Waals surface area contributed by atoms with Crippen molar-refractivity contribution in [2.45, 2.75) is 6.04 Å². The predicted octanol–water partition coefficient (Wildman–Crippen LogP) is 3.83. The lowest BCUT2D eigenvalue weighted by molar-refractivity contribution is -0.128. The molecule has 1 aliphatic heterocycles. The van der Waals surface area contributed by atoms with Crippen LogP contribution in [0, 0.1) is 0 Å². The van der Waals surface area contributed by atoms with E-state index in [0.29, 0.717) is 28.6 Å². The van der Waals surface area contributed by atoms with E-state index in [2.05, 4.69) is 0 Å². The number of ether oxygens (including phenoxy) is 3. The number of amides is 2. The highest BCUT2D eigenvalue weighted by Gasteiger charge is 2.42. The number of carbonyl (C=O) groups excluding carboxylic acids is 2. The quantitative estimate of drug-likeness (QED) is 0.592. The van der Waals surface area contributed by atoms with Crippen molar-refractivity contribution < 1.29 is 23.8 Å². The van der Waals surface area contributed by atoms with Gasteiger partial charge in [-0.3, -0.25) is 19.4 Å². The monoisotopic (exact) mass is 432 g/mol. The number of rotatable bonds is 6. The molecule has 32 heavy (non-hydrogen) atoms. The highest BCUT2D eigenvalue weighted by Crippen LogP contribution is 2.39. The molecule has 3 aromatic carbocycles. The number of hydrogen-bond acceptors (Lipinski definition) is 5. The van der Waals surface area contributed by atoms with Gasteiger partial charge in [0, 0.05) is 11.8 Å². The van der Waals surface area contributed by atoms with Crippen molar-refractivity contribution in [1.82, 2.24) is 0 Å². The molecule has 0 N–H and O–H groups in total. The molecule has 0 spiro atoms. The second-order valence-corrected chi connectivity index (χ2v) is 7.24. The molecule has 1 heterocycles. The lowest BCUT2D eigenvalue weighted by atomic mass is 9.99. The molecule has 7 heteroatoms. The van der Waals surface area contributed by atoms with Crippen molar-refractivity contribution in [3.8, 4) is 17.2 Å². The van der Waals surface area contributed by atoms with Crippen molar-refractivity contribution in [1.29, 1.82) is 0 Å². The first-order valence-corrected chi connectivity index (χ1v) is 10.1. The van der Waals surface area contributed by atoms with Gasteiger partial charge in [0.2, 0.25) is 5.91 Å². The Hall–Kier alpha value is -4.00. The Morgan fingerprint density at radius 1 is 0.781 bits per heavy atom. The van der Waals surface area contributed by atoms with E-state index in [-0.39, 0.29) is 18.4 Å². The average Bonchev–Trinajstić information content (AvgIpc) is 2.85. The molecule has 2 amide bonds. The Kier molecular flexibility index (Phi) is 5.98. The number of methoxy groups -OCH3 is 3. The Morgan fingerprint density at radius 2 is 1.44 bits per heavy atom. The van der Waals surface area contributed by atoms with Crippen LogP contribution in [0.4, 0.5) is 11.4 Å². The van der Waals surface area contributed by atoms with Gasteiger partial charge in [-0.05, 0) is 42.0 Å². The third kappa shape index (κ3) is 3.85. The summed E-state index contributed by atoms with van der Waals surface area (Å²) in [6.07, 6.45) is 0. The lowest BCUT2D eigenvalue weighted by Gasteiger charge is -2.40. The van der Waals surface area contributed by atoms with Crippen LogP contribution >= 0.6 is 0 Å². The fraction of sp³-hybridized carbons (Fsp3) is 0.200. The van der Waals surface area contributed by atoms with Crippen LogP contribution in [-0.4, -0.2) is 39.7 Å². The van der Waals surface area contributed by atoms with Crippen molar-refractivity contribution in [3.05, 3.63) is 78.4 Å². The van der Waals surface area contributed by atoms with Gasteiger partial charge in [0.1, 0.15) is 29.8 Å². The molecule has 164 valence electrons. The second kappa shape index (κ2) is 9.01. The Balaban J connectivity index is 1.80. The van der Waals surface area contributed by atoms with Gasteiger partial charge in [-0.25, -0.2) is 0 Å². The average molecular weight is 432 g/mol. The maximum Gasteiger partial charge on any atom is 0.255 e. The standard InChI is InChI=1S/C25H24N2O5/c1-30-19-11-9-18(10-12-19)27-23(28)16-26(21-14-13-20(31-2)15-22(21)32-3)25(29)24(27)17-7-5-4-6-8-17/h4-15,24H,16H2,1-3H3. The molecule has 1 atom stereocenters.